The van der Waals surface area contributed by atoms with E-state index in [1.807, 2.05) is 13.8 Å². The SMILES string of the molecule is CCCc1nc(C)c2n1NC(c1cc(N3C(=S)N(c4ccc(C#N)c(C(F)(F)F)c4)C(=O)C3C)ccc1OCC)NC2=O. The molecule has 1 aromatic heterocycles. The number of carbonyl (C=O) groups is 2. The number of amides is 2. The third-order valence-corrected chi connectivity index (χ3v) is 7.65. The first kappa shape index (κ1) is 29.8. The smallest absolute Gasteiger partial charge is 0.417 e. The fraction of sp³-hybridized carbons (Fsp3) is 0.345. The molecule has 0 aliphatic carbocycles. The molecule has 0 bridgehead atoms. The van der Waals surface area contributed by atoms with E-state index in [0.717, 1.165) is 23.5 Å². The number of nitrogens with zero attached hydrogens (tertiary/aromatic N) is 5. The van der Waals surface area contributed by atoms with E-state index < -0.39 is 35.4 Å². The summed E-state index contributed by atoms with van der Waals surface area (Å²) in [4.78, 5) is 33.7. The Morgan fingerprint density at radius 3 is 2.51 bits per heavy atom. The van der Waals surface area contributed by atoms with Gasteiger partial charge in [-0.1, -0.05) is 6.92 Å². The molecule has 43 heavy (non-hydrogen) atoms. The highest BCUT2D eigenvalue weighted by molar-refractivity contribution is 7.81. The predicted molar refractivity (Wildman–Crippen MR) is 156 cm³/mol. The van der Waals surface area contributed by atoms with Crippen LogP contribution in [0.15, 0.2) is 36.4 Å². The molecule has 2 amide bonds. The minimum absolute atomic E-state index is 0.0381. The number of ether oxygens (including phenoxy) is 1. The molecule has 3 aromatic rings. The lowest BCUT2D eigenvalue weighted by Crippen LogP contribution is -2.45. The number of fused-ring (bicyclic) bond motifs is 1. The van der Waals surface area contributed by atoms with Crippen LogP contribution in [0.4, 0.5) is 24.5 Å². The van der Waals surface area contributed by atoms with Crippen molar-refractivity contribution >= 4 is 40.5 Å². The van der Waals surface area contributed by atoms with Crippen molar-refractivity contribution in [3.63, 3.8) is 0 Å². The zero-order valence-electron chi connectivity index (χ0n) is 23.7. The van der Waals surface area contributed by atoms with Gasteiger partial charge in [0.2, 0.25) is 0 Å². The van der Waals surface area contributed by atoms with Crippen molar-refractivity contribution in [1.82, 2.24) is 15.0 Å². The molecule has 0 saturated carbocycles. The molecule has 0 radical (unpaired) electrons. The summed E-state index contributed by atoms with van der Waals surface area (Å²) < 4.78 is 48.6. The summed E-state index contributed by atoms with van der Waals surface area (Å²) in [5.74, 6) is 0.325. The summed E-state index contributed by atoms with van der Waals surface area (Å²) in [5.41, 5.74) is 3.51. The second-order valence-corrected chi connectivity index (χ2v) is 10.4. The Morgan fingerprint density at radius 1 is 1.14 bits per heavy atom. The normalized spacial score (nSPS) is 18.3. The van der Waals surface area contributed by atoms with Crippen LogP contribution in [-0.4, -0.2) is 39.2 Å². The third-order valence-electron chi connectivity index (χ3n) is 7.28. The fourth-order valence-electron chi connectivity index (χ4n) is 5.33. The van der Waals surface area contributed by atoms with Crippen LogP contribution >= 0.6 is 12.2 Å². The van der Waals surface area contributed by atoms with E-state index in [9.17, 15) is 28.0 Å². The van der Waals surface area contributed by atoms with Gasteiger partial charge in [0.25, 0.3) is 11.8 Å². The molecular formula is C29H28F3N7O3S. The highest BCUT2D eigenvalue weighted by Gasteiger charge is 2.43. The molecule has 2 unspecified atom stereocenters. The summed E-state index contributed by atoms with van der Waals surface area (Å²) in [6.45, 7) is 7.54. The van der Waals surface area contributed by atoms with Crippen LogP contribution in [-0.2, 0) is 17.4 Å². The molecule has 5 rings (SSSR count). The van der Waals surface area contributed by atoms with E-state index in [2.05, 4.69) is 15.7 Å². The summed E-state index contributed by atoms with van der Waals surface area (Å²) in [6, 6.07) is 8.81. The van der Waals surface area contributed by atoms with E-state index >= 15 is 0 Å². The number of aryl methyl sites for hydroxylation is 2. The van der Waals surface area contributed by atoms with Crippen LogP contribution in [0, 0.1) is 18.3 Å². The maximum absolute atomic E-state index is 13.7. The molecular weight excluding hydrogens is 583 g/mol. The number of aromatic nitrogens is 2. The monoisotopic (exact) mass is 611 g/mol. The summed E-state index contributed by atoms with van der Waals surface area (Å²) in [6.07, 6.45) is -4.07. The largest absolute Gasteiger partial charge is 0.493 e. The second-order valence-electron chi connectivity index (χ2n) is 10.1. The number of nitrogens with one attached hydrogen (secondary N) is 2. The van der Waals surface area contributed by atoms with Crippen molar-refractivity contribution in [3.05, 3.63) is 70.3 Å². The topological polar surface area (TPSA) is 116 Å². The first-order valence-electron chi connectivity index (χ1n) is 13.6. The van der Waals surface area contributed by atoms with Crippen LogP contribution in [0.3, 0.4) is 0 Å². The molecule has 0 spiro atoms. The van der Waals surface area contributed by atoms with E-state index in [-0.39, 0.29) is 16.7 Å². The average Bonchev–Trinajstić information content (AvgIpc) is 3.39. The molecule has 2 N–H and O–H groups in total. The molecule has 3 heterocycles. The van der Waals surface area contributed by atoms with Gasteiger partial charge in [0.05, 0.1) is 35.2 Å². The number of imidazole rings is 1. The van der Waals surface area contributed by atoms with Gasteiger partial charge in [0.1, 0.15) is 23.8 Å². The number of nitriles is 1. The zero-order valence-corrected chi connectivity index (χ0v) is 24.6. The first-order chi connectivity index (χ1) is 20.4. The molecule has 2 aliphatic heterocycles. The van der Waals surface area contributed by atoms with Gasteiger partial charge < -0.3 is 15.0 Å². The molecule has 224 valence electrons. The van der Waals surface area contributed by atoms with Gasteiger partial charge >= 0.3 is 6.18 Å². The Balaban J connectivity index is 1.54. The summed E-state index contributed by atoms with van der Waals surface area (Å²) >= 11 is 5.64. The minimum atomic E-state index is -4.80. The maximum atomic E-state index is 13.7. The van der Waals surface area contributed by atoms with Gasteiger partial charge in [-0.15, -0.1) is 0 Å². The van der Waals surface area contributed by atoms with Crippen molar-refractivity contribution in [2.45, 2.75) is 58.9 Å². The number of halogens is 3. The Hall–Kier alpha value is -4.64. The molecule has 2 aromatic carbocycles. The molecule has 10 nitrogen and oxygen atoms in total. The Labute approximate surface area is 251 Å². The first-order valence-corrected chi connectivity index (χ1v) is 14.0. The summed E-state index contributed by atoms with van der Waals surface area (Å²) in [7, 11) is 0. The third kappa shape index (κ3) is 5.14. The van der Waals surface area contributed by atoms with Crippen LogP contribution in [0.25, 0.3) is 0 Å². The Bertz CT molecular complexity index is 1680. The molecule has 2 aliphatic rings. The number of rotatable bonds is 7. The van der Waals surface area contributed by atoms with E-state index in [4.69, 9.17) is 17.0 Å². The van der Waals surface area contributed by atoms with Gasteiger partial charge in [-0.3, -0.25) is 19.9 Å². The number of hydrogen-bond acceptors (Lipinski definition) is 7. The highest BCUT2D eigenvalue weighted by atomic mass is 32.1. The molecule has 1 fully saturated rings. The van der Waals surface area contributed by atoms with Gasteiger partial charge in [-0.25, -0.2) is 9.66 Å². The van der Waals surface area contributed by atoms with Crippen molar-refractivity contribution in [2.75, 3.05) is 21.8 Å². The maximum Gasteiger partial charge on any atom is 0.417 e. The molecule has 14 heteroatoms. The van der Waals surface area contributed by atoms with Crippen molar-refractivity contribution in [3.8, 4) is 11.8 Å². The highest BCUT2D eigenvalue weighted by Crippen LogP contribution is 2.38. The lowest BCUT2D eigenvalue weighted by molar-refractivity contribution is -0.137. The summed E-state index contributed by atoms with van der Waals surface area (Å²) in [5, 5.41) is 12.1. The fourth-order valence-corrected chi connectivity index (χ4v) is 5.79. The van der Waals surface area contributed by atoms with E-state index in [1.165, 1.54) is 17.0 Å². The van der Waals surface area contributed by atoms with E-state index in [0.29, 0.717) is 47.2 Å². The predicted octanol–water partition coefficient (Wildman–Crippen LogP) is 4.95. The standard InChI is InChI=1S/C29H28F3N7O3S/c1-5-7-23-34-15(3)24-26(40)35-25(36-39(23)24)20-12-18(10-11-22(20)42-6-2)37-16(4)27(41)38(28(37)43)19-9-8-17(14-33)21(13-19)29(30,31)32/h8-13,16,25,36H,5-7H2,1-4H3,(H,35,40). The minimum Gasteiger partial charge on any atom is -0.493 e. The van der Waals surface area contributed by atoms with Gasteiger partial charge in [-0.2, -0.15) is 18.4 Å². The van der Waals surface area contributed by atoms with Crippen LogP contribution in [0.5, 0.6) is 5.75 Å². The Kier molecular flexibility index (Phi) is 7.78. The number of alkyl halides is 3. The van der Waals surface area contributed by atoms with Crippen LogP contribution in [0.2, 0.25) is 0 Å². The van der Waals surface area contributed by atoms with Crippen LogP contribution < -0.4 is 25.3 Å². The number of benzene rings is 2. The number of hydrogen-bond donors (Lipinski definition) is 2. The van der Waals surface area contributed by atoms with Crippen molar-refractivity contribution in [2.24, 2.45) is 0 Å². The number of carbonyl (C=O) groups excluding carboxylic acids is 2. The van der Waals surface area contributed by atoms with Crippen molar-refractivity contribution in [1.29, 1.82) is 5.26 Å². The lowest BCUT2D eigenvalue weighted by atomic mass is 10.1. The van der Waals surface area contributed by atoms with E-state index in [1.54, 1.807) is 36.7 Å². The van der Waals surface area contributed by atoms with Crippen molar-refractivity contribution < 1.29 is 27.5 Å². The number of thiocarbonyl (C=S) groups is 1. The quantitative estimate of drug-likeness (QED) is 0.361. The molecule has 1 saturated heterocycles. The molecule has 2 atom stereocenters. The second kappa shape index (κ2) is 11.2. The van der Waals surface area contributed by atoms with Gasteiger partial charge in [0.15, 0.2) is 10.8 Å². The Morgan fingerprint density at radius 2 is 1.86 bits per heavy atom. The average molecular weight is 612 g/mol. The van der Waals surface area contributed by atoms with Gasteiger partial charge in [-0.05, 0) is 75.8 Å². The lowest BCUT2D eigenvalue weighted by Gasteiger charge is -2.31. The number of anilines is 2. The van der Waals surface area contributed by atoms with Gasteiger partial charge in [0, 0.05) is 17.7 Å². The zero-order chi connectivity index (χ0) is 31.2. The van der Waals surface area contributed by atoms with Crippen LogP contribution in [0.1, 0.15) is 72.1 Å².